The Balaban J connectivity index is 1.60. The molecule has 1 aliphatic carbocycles. The van der Waals surface area contributed by atoms with Crippen LogP contribution < -0.4 is 16.0 Å². The van der Waals surface area contributed by atoms with Crippen LogP contribution in [0, 0.1) is 5.92 Å². The molecular weight excluding hydrogens is 276 g/mol. The quantitative estimate of drug-likeness (QED) is 0.389. The average Bonchev–Trinajstić information content (AvgIpc) is 3.37. The molecule has 0 radical (unpaired) electrons. The molecule has 5 nitrogen and oxygen atoms in total. The molecule has 1 aromatic rings. The van der Waals surface area contributed by atoms with Gasteiger partial charge in [0.05, 0.1) is 0 Å². The van der Waals surface area contributed by atoms with Gasteiger partial charge in [0.25, 0.3) is 5.91 Å². The molecule has 5 heteroatoms. The number of nitrogens with zero attached hydrogens (tertiary/aromatic N) is 1. The molecule has 0 aliphatic heterocycles. The van der Waals surface area contributed by atoms with Crippen LogP contribution in [0.1, 0.15) is 36.5 Å². The Morgan fingerprint density at radius 1 is 1.14 bits per heavy atom. The minimum Gasteiger partial charge on any atom is -0.357 e. The normalized spacial score (nSPS) is 14.5. The summed E-state index contributed by atoms with van der Waals surface area (Å²) in [5.74, 6) is 1.65. The van der Waals surface area contributed by atoms with Crippen molar-refractivity contribution in [3.63, 3.8) is 0 Å². The molecule has 0 spiro atoms. The lowest BCUT2D eigenvalue weighted by Crippen LogP contribution is -2.39. The van der Waals surface area contributed by atoms with Crippen LogP contribution in [0.2, 0.25) is 0 Å². The number of nitrogens with one attached hydrogen (secondary N) is 3. The van der Waals surface area contributed by atoms with Crippen molar-refractivity contribution < 1.29 is 4.79 Å². The Morgan fingerprint density at radius 2 is 1.86 bits per heavy atom. The predicted molar refractivity (Wildman–Crippen MR) is 90.1 cm³/mol. The first-order chi connectivity index (χ1) is 10.8. The van der Waals surface area contributed by atoms with Crippen molar-refractivity contribution in [3.05, 3.63) is 35.9 Å². The van der Waals surface area contributed by atoms with Crippen LogP contribution >= 0.6 is 0 Å². The molecule has 1 aliphatic rings. The number of hydrogen-bond acceptors (Lipinski definition) is 2. The third-order valence-corrected chi connectivity index (χ3v) is 3.52. The van der Waals surface area contributed by atoms with E-state index in [1.807, 2.05) is 30.3 Å². The first kappa shape index (κ1) is 16.3. The van der Waals surface area contributed by atoms with Gasteiger partial charge in [-0.3, -0.25) is 9.79 Å². The van der Waals surface area contributed by atoms with Gasteiger partial charge in [-0.05, 0) is 44.2 Å². The molecule has 1 amide bonds. The zero-order valence-corrected chi connectivity index (χ0v) is 13.3. The van der Waals surface area contributed by atoms with E-state index in [1.165, 1.54) is 12.8 Å². The second-order valence-corrected chi connectivity index (χ2v) is 5.57. The Kier molecular flexibility index (Phi) is 6.74. The Labute approximate surface area is 132 Å². The molecule has 0 unspecified atom stereocenters. The summed E-state index contributed by atoms with van der Waals surface area (Å²) in [6.45, 7) is 5.30. The highest BCUT2D eigenvalue weighted by Gasteiger charge is 2.20. The fraction of sp³-hybridized carbons (Fsp3) is 0.529. The van der Waals surface area contributed by atoms with Crippen LogP contribution in [0.3, 0.4) is 0 Å². The van der Waals surface area contributed by atoms with E-state index in [0.29, 0.717) is 12.1 Å². The lowest BCUT2D eigenvalue weighted by atomic mass is 10.2. The molecule has 0 bridgehead atoms. The maximum Gasteiger partial charge on any atom is 0.251 e. The SMILES string of the molecule is CCNC(=NCC1CC1)NCCCNC(=O)c1ccccc1. The number of carbonyl (C=O) groups excluding carboxylic acids is 1. The topological polar surface area (TPSA) is 65.5 Å². The van der Waals surface area contributed by atoms with E-state index in [4.69, 9.17) is 0 Å². The van der Waals surface area contributed by atoms with Crippen molar-refractivity contribution in [1.29, 1.82) is 0 Å². The molecule has 0 aromatic heterocycles. The molecule has 1 saturated carbocycles. The second kappa shape index (κ2) is 9.07. The van der Waals surface area contributed by atoms with Crippen LogP contribution in [0.15, 0.2) is 35.3 Å². The molecule has 1 aromatic carbocycles. The highest BCUT2D eigenvalue weighted by atomic mass is 16.1. The third-order valence-electron chi connectivity index (χ3n) is 3.52. The van der Waals surface area contributed by atoms with E-state index < -0.39 is 0 Å². The van der Waals surface area contributed by atoms with Gasteiger partial charge in [0.15, 0.2) is 5.96 Å². The molecular formula is C17H26N4O. The summed E-state index contributed by atoms with van der Waals surface area (Å²) in [6.07, 6.45) is 3.50. The lowest BCUT2D eigenvalue weighted by molar-refractivity contribution is 0.0953. The number of guanidine groups is 1. The molecule has 2 rings (SSSR count). The van der Waals surface area contributed by atoms with Crippen LogP contribution in [0.25, 0.3) is 0 Å². The van der Waals surface area contributed by atoms with E-state index in [-0.39, 0.29) is 5.91 Å². The van der Waals surface area contributed by atoms with Crippen molar-refractivity contribution >= 4 is 11.9 Å². The maximum atomic E-state index is 11.9. The molecule has 0 atom stereocenters. The summed E-state index contributed by atoms with van der Waals surface area (Å²) < 4.78 is 0. The monoisotopic (exact) mass is 302 g/mol. The smallest absolute Gasteiger partial charge is 0.251 e. The maximum absolute atomic E-state index is 11.9. The molecule has 0 heterocycles. The lowest BCUT2D eigenvalue weighted by Gasteiger charge is -2.11. The number of carbonyl (C=O) groups is 1. The Bertz CT molecular complexity index is 483. The van der Waals surface area contributed by atoms with Crippen LogP contribution in [-0.4, -0.2) is 38.0 Å². The first-order valence-electron chi connectivity index (χ1n) is 8.15. The van der Waals surface area contributed by atoms with Gasteiger partial charge in [0, 0.05) is 31.7 Å². The van der Waals surface area contributed by atoms with Gasteiger partial charge >= 0.3 is 0 Å². The van der Waals surface area contributed by atoms with E-state index in [2.05, 4.69) is 27.9 Å². The molecule has 0 saturated heterocycles. The van der Waals surface area contributed by atoms with Gasteiger partial charge < -0.3 is 16.0 Å². The van der Waals surface area contributed by atoms with Crippen molar-refractivity contribution in [1.82, 2.24) is 16.0 Å². The number of amides is 1. The molecule has 1 fully saturated rings. The van der Waals surface area contributed by atoms with Crippen molar-refractivity contribution in [2.45, 2.75) is 26.2 Å². The molecule has 22 heavy (non-hydrogen) atoms. The summed E-state index contributed by atoms with van der Waals surface area (Å²) in [5.41, 5.74) is 0.704. The Morgan fingerprint density at radius 3 is 2.55 bits per heavy atom. The van der Waals surface area contributed by atoms with Crippen LogP contribution in [0.5, 0.6) is 0 Å². The zero-order chi connectivity index (χ0) is 15.6. The Hall–Kier alpha value is -2.04. The van der Waals surface area contributed by atoms with E-state index >= 15 is 0 Å². The molecule has 120 valence electrons. The van der Waals surface area contributed by atoms with Gasteiger partial charge in [0.1, 0.15) is 0 Å². The summed E-state index contributed by atoms with van der Waals surface area (Å²) in [6, 6.07) is 9.29. The standard InChI is InChI=1S/C17H26N4O/c1-2-18-17(21-13-14-9-10-14)20-12-6-11-19-16(22)15-7-4-3-5-8-15/h3-5,7-8,14H,2,6,9-13H2,1H3,(H,19,22)(H2,18,20,21). The van der Waals surface area contributed by atoms with E-state index in [9.17, 15) is 4.79 Å². The number of hydrogen-bond donors (Lipinski definition) is 3. The van der Waals surface area contributed by atoms with Crippen molar-refractivity contribution in [2.75, 3.05) is 26.2 Å². The van der Waals surface area contributed by atoms with Crippen molar-refractivity contribution in [3.8, 4) is 0 Å². The highest BCUT2D eigenvalue weighted by Crippen LogP contribution is 2.28. The highest BCUT2D eigenvalue weighted by molar-refractivity contribution is 5.94. The fourth-order valence-electron chi connectivity index (χ4n) is 2.05. The first-order valence-corrected chi connectivity index (χ1v) is 8.15. The zero-order valence-electron chi connectivity index (χ0n) is 13.3. The van der Waals surface area contributed by atoms with Gasteiger partial charge in [0.2, 0.25) is 0 Å². The van der Waals surface area contributed by atoms with Crippen LogP contribution in [-0.2, 0) is 0 Å². The van der Waals surface area contributed by atoms with E-state index in [1.54, 1.807) is 0 Å². The van der Waals surface area contributed by atoms with Gasteiger partial charge in [-0.25, -0.2) is 0 Å². The van der Waals surface area contributed by atoms with Crippen LogP contribution in [0.4, 0.5) is 0 Å². The number of aliphatic imine (C=N–C) groups is 1. The van der Waals surface area contributed by atoms with Crippen molar-refractivity contribution in [2.24, 2.45) is 10.9 Å². The summed E-state index contributed by atoms with van der Waals surface area (Å²) in [7, 11) is 0. The second-order valence-electron chi connectivity index (χ2n) is 5.57. The largest absolute Gasteiger partial charge is 0.357 e. The summed E-state index contributed by atoms with van der Waals surface area (Å²) in [4.78, 5) is 16.4. The minimum atomic E-state index is -0.0186. The third kappa shape index (κ3) is 6.16. The predicted octanol–water partition coefficient (Wildman–Crippen LogP) is 1.77. The molecule has 3 N–H and O–H groups in total. The minimum absolute atomic E-state index is 0.0186. The van der Waals surface area contributed by atoms with Gasteiger partial charge in [-0.2, -0.15) is 0 Å². The van der Waals surface area contributed by atoms with E-state index in [0.717, 1.165) is 37.9 Å². The number of benzene rings is 1. The summed E-state index contributed by atoms with van der Waals surface area (Å²) >= 11 is 0. The summed E-state index contributed by atoms with van der Waals surface area (Å²) in [5, 5.41) is 9.47. The van der Waals surface area contributed by atoms with Gasteiger partial charge in [-0.1, -0.05) is 18.2 Å². The number of rotatable bonds is 8. The fourth-order valence-corrected chi connectivity index (χ4v) is 2.05. The van der Waals surface area contributed by atoms with Gasteiger partial charge in [-0.15, -0.1) is 0 Å². The average molecular weight is 302 g/mol.